The van der Waals surface area contributed by atoms with Gasteiger partial charge in [0.15, 0.2) is 0 Å². The second kappa shape index (κ2) is 9.12. The van der Waals surface area contributed by atoms with Crippen LogP contribution in [0, 0.1) is 12.8 Å². The van der Waals surface area contributed by atoms with Crippen molar-refractivity contribution in [3.8, 4) is 5.75 Å². The van der Waals surface area contributed by atoms with Crippen LogP contribution >= 0.6 is 0 Å². The minimum absolute atomic E-state index is 0.0441. The highest BCUT2D eigenvalue weighted by atomic mass is 16.5. The molecule has 5 heteroatoms. The van der Waals surface area contributed by atoms with Gasteiger partial charge in [0.05, 0.1) is 19.1 Å². The number of rotatable bonds is 7. The van der Waals surface area contributed by atoms with Crippen molar-refractivity contribution < 1.29 is 14.3 Å². The number of benzene rings is 2. The maximum absolute atomic E-state index is 13.2. The van der Waals surface area contributed by atoms with Crippen LogP contribution < -0.4 is 4.74 Å². The summed E-state index contributed by atoms with van der Waals surface area (Å²) in [5.41, 5.74) is 3.31. The molecule has 1 saturated heterocycles. The monoisotopic (exact) mass is 394 g/mol. The van der Waals surface area contributed by atoms with E-state index in [0.29, 0.717) is 19.6 Å². The van der Waals surface area contributed by atoms with Gasteiger partial charge >= 0.3 is 0 Å². The summed E-state index contributed by atoms with van der Waals surface area (Å²) in [6, 6.07) is 15.9. The van der Waals surface area contributed by atoms with Crippen molar-refractivity contribution in [1.82, 2.24) is 9.80 Å². The number of hydrogen-bond donors (Lipinski definition) is 0. The van der Waals surface area contributed by atoms with Gasteiger partial charge in [-0.2, -0.15) is 0 Å². The highest BCUT2D eigenvalue weighted by Gasteiger charge is 2.37. The molecule has 5 nitrogen and oxygen atoms in total. The van der Waals surface area contributed by atoms with E-state index in [4.69, 9.17) is 4.74 Å². The number of aryl methyl sites for hydroxylation is 1. The average Bonchev–Trinajstić information content (AvgIpc) is 3.10. The Bertz CT molecular complexity index is 863. The molecular weight excluding hydrogens is 364 g/mol. The maximum Gasteiger partial charge on any atom is 0.228 e. The van der Waals surface area contributed by atoms with E-state index in [1.165, 1.54) is 5.56 Å². The minimum Gasteiger partial charge on any atom is -0.497 e. The molecule has 1 aliphatic heterocycles. The molecule has 3 rings (SSSR count). The van der Waals surface area contributed by atoms with Gasteiger partial charge in [-0.05, 0) is 44.0 Å². The predicted molar refractivity (Wildman–Crippen MR) is 113 cm³/mol. The van der Waals surface area contributed by atoms with E-state index in [1.54, 1.807) is 12.0 Å². The summed E-state index contributed by atoms with van der Waals surface area (Å²) in [7, 11) is 1.64. The molecule has 0 bridgehead atoms. The van der Waals surface area contributed by atoms with Crippen LogP contribution in [0.5, 0.6) is 5.75 Å². The lowest BCUT2D eigenvalue weighted by Gasteiger charge is -2.31. The van der Waals surface area contributed by atoms with Gasteiger partial charge < -0.3 is 14.5 Å². The van der Waals surface area contributed by atoms with Crippen LogP contribution in [0.1, 0.15) is 43.0 Å². The van der Waals surface area contributed by atoms with Crippen molar-refractivity contribution in [2.75, 3.05) is 20.2 Å². The van der Waals surface area contributed by atoms with Gasteiger partial charge in [-0.25, -0.2) is 0 Å². The van der Waals surface area contributed by atoms with Gasteiger partial charge in [-0.3, -0.25) is 9.59 Å². The molecule has 0 aromatic heterocycles. The van der Waals surface area contributed by atoms with Crippen LogP contribution in [0.4, 0.5) is 0 Å². The van der Waals surface area contributed by atoms with Crippen molar-refractivity contribution in [2.45, 2.75) is 39.8 Å². The lowest BCUT2D eigenvalue weighted by molar-refractivity contribution is -0.137. The van der Waals surface area contributed by atoms with E-state index in [0.717, 1.165) is 16.9 Å². The van der Waals surface area contributed by atoms with Crippen molar-refractivity contribution in [3.63, 3.8) is 0 Å². The first-order valence-electron chi connectivity index (χ1n) is 10.2. The average molecular weight is 395 g/mol. The molecule has 0 N–H and O–H groups in total. The first-order valence-corrected chi connectivity index (χ1v) is 10.2. The van der Waals surface area contributed by atoms with Crippen LogP contribution in [0.25, 0.3) is 0 Å². The smallest absolute Gasteiger partial charge is 0.228 e. The number of amides is 2. The molecule has 2 unspecified atom stereocenters. The van der Waals surface area contributed by atoms with Crippen LogP contribution in [-0.4, -0.2) is 41.8 Å². The molecule has 154 valence electrons. The molecule has 1 heterocycles. The fourth-order valence-corrected chi connectivity index (χ4v) is 3.94. The van der Waals surface area contributed by atoms with Crippen LogP contribution in [0.2, 0.25) is 0 Å². The van der Waals surface area contributed by atoms with E-state index in [2.05, 4.69) is 0 Å². The highest BCUT2D eigenvalue weighted by Crippen LogP contribution is 2.28. The van der Waals surface area contributed by atoms with Gasteiger partial charge in [0.2, 0.25) is 11.8 Å². The molecule has 0 spiro atoms. The number of likely N-dealkylation sites (tertiary alicyclic amines) is 1. The van der Waals surface area contributed by atoms with Gasteiger partial charge in [0.1, 0.15) is 5.75 Å². The number of carbonyl (C=O) groups excluding carboxylic acids is 2. The van der Waals surface area contributed by atoms with Crippen LogP contribution in [-0.2, 0) is 16.1 Å². The third kappa shape index (κ3) is 4.78. The SMILES string of the molecule is CCN(C(=O)C1CC(=O)N(Cc2ccc(C)cc2)C1)C(C)c1cccc(OC)c1. The van der Waals surface area contributed by atoms with E-state index in [9.17, 15) is 9.59 Å². The molecular formula is C24H30N2O3. The number of carbonyl (C=O) groups is 2. The largest absolute Gasteiger partial charge is 0.497 e. The second-order valence-electron chi connectivity index (χ2n) is 7.74. The topological polar surface area (TPSA) is 49.9 Å². The van der Waals surface area contributed by atoms with Crippen molar-refractivity contribution in [3.05, 3.63) is 65.2 Å². The maximum atomic E-state index is 13.2. The standard InChI is InChI=1S/C24H30N2O3/c1-5-26(18(3)20-7-6-8-22(13-20)29-4)24(28)21-14-23(27)25(16-21)15-19-11-9-17(2)10-12-19/h6-13,18,21H,5,14-16H2,1-4H3. The van der Waals surface area contributed by atoms with E-state index < -0.39 is 0 Å². The molecule has 29 heavy (non-hydrogen) atoms. The zero-order valence-electron chi connectivity index (χ0n) is 17.7. The first-order chi connectivity index (χ1) is 13.9. The zero-order valence-corrected chi connectivity index (χ0v) is 17.7. The fraction of sp³-hybridized carbons (Fsp3) is 0.417. The summed E-state index contributed by atoms with van der Waals surface area (Å²) in [6.45, 7) is 7.68. The Morgan fingerprint density at radius 3 is 2.62 bits per heavy atom. The third-order valence-corrected chi connectivity index (χ3v) is 5.73. The highest BCUT2D eigenvalue weighted by molar-refractivity contribution is 5.89. The number of methoxy groups -OCH3 is 1. The summed E-state index contributed by atoms with van der Waals surface area (Å²) in [5.74, 6) is 0.579. The van der Waals surface area contributed by atoms with Crippen molar-refractivity contribution in [1.29, 1.82) is 0 Å². The number of hydrogen-bond acceptors (Lipinski definition) is 3. The van der Waals surface area contributed by atoms with E-state index >= 15 is 0 Å². The molecule has 1 aliphatic rings. The summed E-state index contributed by atoms with van der Waals surface area (Å²) >= 11 is 0. The van der Waals surface area contributed by atoms with Gasteiger partial charge in [-0.15, -0.1) is 0 Å². The Morgan fingerprint density at radius 2 is 1.97 bits per heavy atom. The lowest BCUT2D eigenvalue weighted by Crippen LogP contribution is -2.39. The van der Waals surface area contributed by atoms with E-state index in [1.807, 2.05) is 74.2 Å². The van der Waals surface area contributed by atoms with Gasteiger partial charge in [0, 0.05) is 26.1 Å². The fourth-order valence-electron chi connectivity index (χ4n) is 3.94. The summed E-state index contributed by atoms with van der Waals surface area (Å²) in [5, 5.41) is 0. The van der Waals surface area contributed by atoms with Crippen LogP contribution in [0.3, 0.4) is 0 Å². The number of ether oxygens (including phenoxy) is 1. The predicted octanol–water partition coefficient (Wildman–Crippen LogP) is 3.96. The Hall–Kier alpha value is -2.82. The molecule has 2 amide bonds. The molecule has 1 fully saturated rings. The molecule has 0 radical (unpaired) electrons. The summed E-state index contributed by atoms with van der Waals surface area (Å²) in [4.78, 5) is 29.4. The Balaban J connectivity index is 1.69. The zero-order chi connectivity index (χ0) is 21.0. The summed E-state index contributed by atoms with van der Waals surface area (Å²) < 4.78 is 5.32. The molecule has 2 aromatic rings. The third-order valence-electron chi connectivity index (χ3n) is 5.73. The summed E-state index contributed by atoms with van der Waals surface area (Å²) in [6.07, 6.45) is 0.284. The second-order valence-corrected chi connectivity index (χ2v) is 7.74. The van der Waals surface area contributed by atoms with Crippen molar-refractivity contribution >= 4 is 11.8 Å². The molecule has 0 aliphatic carbocycles. The molecule has 2 atom stereocenters. The lowest BCUT2D eigenvalue weighted by atomic mass is 10.0. The Kier molecular flexibility index (Phi) is 6.57. The Morgan fingerprint density at radius 1 is 1.24 bits per heavy atom. The van der Waals surface area contributed by atoms with Crippen LogP contribution in [0.15, 0.2) is 48.5 Å². The normalized spacial score (nSPS) is 17.3. The molecule has 2 aromatic carbocycles. The van der Waals surface area contributed by atoms with Crippen molar-refractivity contribution in [2.24, 2.45) is 5.92 Å². The Labute approximate surface area is 173 Å². The molecule has 0 saturated carbocycles. The van der Waals surface area contributed by atoms with Gasteiger partial charge in [-0.1, -0.05) is 42.0 Å². The first kappa shape index (κ1) is 20.9. The minimum atomic E-state index is -0.291. The number of nitrogens with zero attached hydrogens (tertiary/aromatic N) is 2. The quantitative estimate of drug-likeness (QED) is 0.714. The van der Waals surface area contributed by atoms with E-state index in [-0.39, 0.29) is 30.2 Å². The van der Waals surface area contributed by atoms with Gasteiger partial charge in [0.25, 0.3) is 0 Å².